The number of rotatable bonds is 9. The van der Waals surface area contributed by atoms with Gasteiger partial charge in [0.15, 0.2) is 11.5 Å². The molecular weight excluding hydrogens is 442 g/mol. The van der Waals surface area contributed by atoms with E-state index in [1.165, 1.54) is 4.31 Å². The van der Waals surface area contributed by atoms with Crippen LogP contribution in [0.15, 0.2) is 41.3 Å². The highest BCUT2D eigenvalue weighted by atomic mass is 32.2. The van der Waals surface area contributed by atoms with Gasteiger partial charge in [0, 0.05) is 38.2 Å². The molecule has 1 aliphatic rings. The maximum Gasteiger partial charge on any atom is 0.255 e. The second kappa shape index (κ2) is 10.9. The molecule has 0 spiro atoms. The lowest BCUT2D eigenvalue weighted by molar-refractivity contribution is 0.102. The highest BCUT2D eigenvalue weighted by Crippen LogP contribution is 2.33. The summed E-state index contributed by atoms with van der Waals surface area (Å²) in [5.74, 6) is 0.790. The van der Waals surface area contributed by atoms with E-state index in [0.29, 0.717) is 62.1 Å². The van der Waals surface area contributed by atoms with Crippen molar-refractivity contribution in [2.45, 2.75) is 39.0 Å². The van der Waals surface area contributed by atoms with Crippen molar-refractivity contribution >= 4 is 27.3 Å². The SMILES string of the molecule is CCN(CC)c1ccc(S(=O)(=O)N(CC)CC)cc1NC(=O)c1ccc2c(c1)OCCCO2. The molecule has 0 aliphatic carbocycles. The highest BCUT2D eigenvalue weighted by molar-refractivity contribution is 7.89. The van der Waals surface area contributed by atoms with Gasteiger partial charge in [-0.3, -0.25) is 4.79 Å². The van der Waals surface area contributed by atoms with Gasteiger partial charge in [0.25, 0.3) is 5.91 Å². The molecule has 0 saturated heterocycles. The molecule has 1 N–H and O–H groups in total. The zero-order valence-corrected chi connectivity index (χ0v) is 20.6. The number of nitrogens with one attached hydrogen (secondary N) is 1. The second-order valence-corrected chi connectivity index (χ2v) is 9.54. The number of ether oxygens (including phenoxy) is 2. The molecule has 1 amide bonds. The van der Waals surface area contributed by atoms with Gasteiger partial charge in [-0.15, -0.1) is 0 Å². The minimum absolute atomic E-state index is 0.149. The Morgan fingerprint density at radius 1 is 0.909 bits per heavy atom. The third kappa shape index (κ3) is 5.42. The monoisotopic (exact) mass is 475 g/mol. The predicted octanol–water partition coefficient (Wildman–Crippen LogP) is 3.98. The van der Waals surface area contributed by atoms with Crippen LogP contribution in [0, 0.1) is 0 Å². The molecular formula is C24H33N3O5S. The molecule has 9 heteroatoms. The van der Waals surface area contributed by atoms with Gasteiger partial charge in [0.05, 0.1) is 29.5 Å². The first-order valence-corrected chi connectivity index (χ1v) is 12.9. The van der Waals surface area contributed by atoms with E-state index < -0.39 is 10.0 Å². The van der Waals surface area contributed by atoms with E-state index in [-0.39, 0.29) is 10.8 Å². The van der Waals surface area contributed by atoms with Crippen molar-refractivity contribution in [3.63, 3.8) is 0 Å². The zero-order chi connectivity index (χ0) is 24.0. The quantitative estimate of drug-likeness (QED) is 0.590. The van der Waals surface area contributed by atoms with Crippen LogP contribution in [-0.2, 0) is 10.0 Å². The van der Waals surface area contributed by atoms with Gasteiger partial charge in [-0.25, -0.2) is 8.42 Å². The summed E-state index contributed by atoms with van der Waals surface area (Å²) in [4.78, 5) is 15.4. The molecule has 1 aliphatic heterocycles. The van der Waals surface area contributed by atoms with Crippen LogP contribution in [0.25, 0.3) is 0 Å². The lowest BCUT2D eigenvalue weighted by Crippen LogP contribution is -2.31. The van der Waals surface area contributed by atoms with E-state index in [0.717, 1.165) is 12.1 Å². The Balaban J connectivity index is 1.99. The summed E-state index contributed by atoms with van der Waals surface area (Å²) >= 11 is 0. The molecule has 0 fully saturated rings. The summed E-state index contributed by atoms with van der Waals surface area (Å²) in [5.41, 5.74) is 1.62. The highest BCUT2D eigenvalue weighted by Gasteiger charge is 2.24. The normalized spacial score (nSPS) is 13.5. The maximum atomic E-state index is 13.2. The topological polar surface area (TPSA) is 88.2 Å². The van der Waals surface area contributed by atoms with Crippen molar-refractivity contribution in [2.75, 3.05) is 49.6 Å². The number of nitrogens with zero attached hydrogens (tertiary/aromatic N) is 2. The van der Waals surface area contributed by atoms with E-state index in [2.05, 4.69) is 10.2 Å². The van der Waals surface area contributed by atoms with Crippen molar-refractivity contribution in [1.29, 1.82) is 0 Å². The largest absolute Gasteiger partial charge is 0.490 e. The summed E-state index contributed by atoms with van der Waals surface area (Å²) < 4.78 is 38.9. The summed E-state index contributed by atoms with van der Waals surface area (Å²) in [6, 6.07) is 9.96. The molecule has 8 nitrogen and oxygen atoms in total. The third-order valence-electron chi connectivity index (χ3n) is 5.67. The van der Waals surface area contributed by atoms with Crippen molar-refractivity contribution in [2.24, 2.45) is 0 Å². The van der Waals surface area contributed by atoms with E-state index in [4.69, 9.17) is 9.47 Å². The second-order valence-electron chi connectivity index (χ2n) is 7.61. The minimum atomic E-state index is -3.67. The lowest BCUT2D eigenvalue weighted by atomic mass is 10.1. The van der Waals surface area contributed by atoms with E-state index in [9.17, 15) is 13.2 Å². The Bertz CT molecular complexity index is 1080. The summed E-state index contributed by atoms with van der Waals surface area (Å²) in [7, 11) is -3.67. The number of fused-ring (bicyclic) bond motifs is 1. The van der Waals surface area contributed by atoms with Crippen LogP contribution in [0.3, 0.4) is 0 Å². The first-order valence-electron chi connectivity index (χ1n) is 11.5. The van der Waals surface area contributed by atoms with Crippen LogP contribution in [0.5, 0.6) is 11.5 Å². The zero-order valence-electron chi connectivity index (χ0n) is 19.8. The van der Waals surface area contributed by atoms with Gasteiger partial charge in [-0.05, 0) is 50.2 Å². The molecule has 0 saturated carbocycles. The Hall–Kier alpha value is -2.78. The molecule has 33 heavy (non-hydrogen) atoms. The van der Waals surface area contributed by atoms with Crippen molar-refractivity contribution < 1.29 is 22.7 Å². The number of benzene rings is 2. The molecule has 2 aromatic carbocycles. The van der Waals surface area contributed by atoms with E-state index in [1.807, 2.05) is 13.8 Å². The average Bonchev–Trinajstić information content (AvgIpc) is 3.06. The summed E-state index contributed by atoms with van der Waals surface area (Å²) in [6.07, 6.45) is 0.775. The Morgan fingerprint density at radius 3 is 2.21 bits per heavy atom. The van der Waals surface area contributed by atoms with Crippen LogP contribution >= 0.6 is 0 Å². The lowest BCUT2D eigenvalue weighted by Gasteiger charge is -2.26. The smallest absolute Gasteiger partial charge is 0.255 e. The van der Waals surface area contributed by atoms with Crippen LogP contribution in [-0.4, -0.2) is 58.0 Å². The van der Waals surface area contributed by atoms with Gasteiger partial charge in [-0.1, -0.05) is 13.8 Å². The van der Waals surface area contributed by atoms with Crippen molar-refractivity contribution in [3.8, 4) is 11.5 Å². The van der Waals surface area contributed by atoms with Crippen LogP contribution in [0.4, 0.5) is 11.4 Å². The third-order valence-corrected chi connectivity index (χ3v) is 7.72. The standard InChI is InChI=1S/C24H33N3O5S/c1-5-26(6-2)21-12-11-19(33(29,30)27(7-3)8-4)17-20(21)25-24(28)18-10-13-22-23(16-18)32-15-9-14-31-22/h10-13,16-17H,5-9,14-15H2,1-4H3,(H,25,28). The molecule has 3 rings (SSSR count). The molecule has 0 atom stereocenters. The predicted molar refractivity (Wildman–Crippen MR) is 130 cm³/mol. The van der Waals surface area contributed by atoms with Gasteiger partial charge in [0.1, 0.15) is 0 Å². The minimum Gasteiger partial charge on any atom is -0.490 e. The van der Waals surface area contributed by atoms with Crippen molar-refractivity contribution in [1.82, 2.24) is 4.31 Å². The first-order chi connectivity index (χ1) is 15.8. The van der Waals surface area contributed by atoms with Crippen LogP contribution in [0.1, 0.15) is 44.5 Å². The van der Waals surface area contributed by atoms with Gasteiger partial charge in [0.2, 0.25) is 10.0 Å². The van der Waals surface area contributed by atoms with E-state index >= 15 is 0 Å². The summed E-state index contributed by atoms with van der Waals surface area (Å²) in [5, 5.41) is 2.93. The average molecular weight is 476 g/mol. The van der Waals surface area contributed by atoms with Gasteiger partial charge in [-0.2, -0.15) is 4.31 Å². The fourth-order valence-electron chi connectivity index (χ4n) is 3.83. The Kier molecular flexibility index (Phi) is 8.20. The number of carbonyl (C=O) groups excluding carboxylic acids is 1. The van der Waals surface area contributed by atoms with Crippen LogP contribution < -0.4 is 19.7 Å². The molecule has 0 aromatic heterocycles. The molecule has 0 bridgehead atoms. The fraction of sp³-hybridized carbons (Fsp3) is 0.458. The fourth-order valence-corrected chi connectivity index (χ4v) is 5.31. The number of carbonyl (C=O) groups is 1. The molecule has 1 heterocycles. The van der Waals surface area contributed by atoms with E-state index in [1.54, 1.807) is 50.2 Å². The number of sulfonamides is 1. The molecule has 0 radical (unpaired) electrons. The molecule has 0 unspecified atom stereocenters. The van der Waals surface area contributed by atoms with Gasteiger partial charge < -0.3 is 19.7 Å². The number of hydrogen-bond acceptors (Lipinski definition) is 6. The van der Waals surface area contributed by atoms with Crippen molar-refractivity contribution in [3.05, 3.63) is 42.0 Å². The first kappa shape index (κ1) is 24.9. The van der Waals surface area contributed by atoms with Crippen LogP contribution in [0.2, 0.25) is 0 Å². The van der Waals surface area contributed by atoms with Gasteiger partial charge >= 0.3 is 0 Å². The molecule has 180 valence electrons. The number of anilines is 2. The number of hydrogen-bond donors (Lipinski definition) is 1. The Labute approximate surface area is 196 Å². The summed E-state index contributed by atoms with van der Waals surface area (Å²) in [6.45, 7) is 10.9. The molecule has 2 aromatic rings. The number of amides is 1. The Morgan fingerprint density at radius 2 is 1.58 bits per heavy atom. The maximum absolute atomic E-state index is 13.2.